The van der Waals surface area contributed by atoms with Gasteiger partial charge in [0.1, 0.15) is 10.7 Å². The van der Waals surface area contributed by atoms with Crippen molar-refractivity contribution in [1.82, 2.24) is 5.43 Å². The zero-order valence-corrected chi connectivity index (χ0v) is 11.5. The lowest BCUT2D eigenvalue weighted by Gasteiger charge is -2.00. The molecular formula is C14H10FN3O2S. The smallest absolute Gasteiger partial charge is 0.260 e. The van der Waals surface area contributed by atoms with Crippen LogP contribution in [0.15, 0.2) is 62.9 Å². The monoisotopic (exact) mass is 303 g/mol. The molecule has 1 N–H and O–H groups in total. The van der Waals surface area contributed by atoms with Crippen LogP contribution >= 0.6 is 0 Å². The lowest BCUT2D eigenvalue weighted by molar-refractivity contribution is 0.599. The minimum atomic E-state index is -3.65. The summed E-state index contributed by atoms with van der Waals surface area (Å²) in [5.74, 6) is -0.163. The van der Waals surface area contributed by atoms with E-state index in [2.05, 4.69) is 14.9 Å². The van der Waals surface area contributed by atoms with Crippen molar-refractivity contribution in [2.24, 2.45) is 9.50 Å². The van der Waals surface area contributed by atoms with Crippen LogP contribution in [0.1, 0.15) is 11.1 Å². The van der Waals surface area contributed by atoms with Gasteiger partial charge < -0.3 is 0 Å². The van der Waals surface area contributed by atoms with E-state index in [0.29, 0.717) is 11.1 Å². The van der Waals surface area contributed by atoms with Gasteiger partial charge in [0.15, 0.2) is 5.84 Å². The van der Waals surface area contributed by atoms with Gasteiger partial charge >= 0.3 is 0 Å². The first kappa shape index (κ1) is 13.4. The number of nitrogens with one attached hydrogen (secondary N) is 1. The molecule has 3 rings (SSSR count). The topological polar surface area (TPSA) is 70.9 Å². The summed E-state index contributed by atoms with van der Waals surface area (Å²) in [5, 5.41) is 3.93. The van der Waals surface area contributed by atoms with Gasteiger partial charge in [0.25, 0.3) is 10.0 Å². The Morgan fingerprint density at radius 2 is 1.81 bits per heavy atom. The van der Waals surface area contributed by atoms with Gasteiger partial charge in [0, 0.05) is 5.56 Å². The second kappa shape index (κ2) is 5.10. The van der Waals surface area contributed by atoms with Crippen molar-refractivity contribution >= 4 is 22.1 Å². The number of benzene rings is 2. The van der Waals surface area contributed by atoms with E-state index < -0.39 is 10.0 Å². The summed E-state index contributed by atoms with van der Waals surface area (Å²) in [6, 6.07) is 12.2. The molecule has 2 aromatic rings. The number of nitrogens with zero attached hydrogens (tertiary/aromatic N) is 2. The quantitative estimate of drug-likeness (QED) is 0.680. The average Bonchev–Trinajstić information content (AvgIpc) is 2.73. The van der Waals surface area contributed by atoms with E-state index in [1.807, 2.05) is 0 Å². The molecule has 21 heavy (non-hydrogen) atoms. The van der Waals surface area contributed by atoms with Crippen molar-refractivity contribution in [2.75, 3.05) is 0 Å². The highest BCUT2D eigenvalue weighted by Gasteiger charge is 2.28. The van der Waals surface area contributed by atoms with Gasteiger partial charge in [0.2, 0.25) is 0 Å². The standard InChI is InChI=1S/C14H10FN3O2S/c15-11-7-5-10(6-8-11)9-16-17-14-12-3-1-2-4-13(12)21(19,20)18-14/h1-9H,(H,17,18)/b16-9-. The lowest BCUT2D eigenvalue weighted by atomic mass is 10.2. The zero-order valence-electron chi connectivity index (χ0n) is 10.7. The number of hydrogen-bond acceptors (Lipinski definition) is 4. The summed E-state index contributed by atoms with van der Waals surface area (Å²) in [6.45, 7) is 0. The van der Waals surface area contributed by atoms with Crippen molar-refractivity contribution < 1.29 is 12.8 Å². The average molecular weight is 303 g/mol. The Balaban J connectivity index is 1.82. The predicted octanol–water partition coefficient (Wildman–Crippen LogP) is 1.90. The Kier molecular flexibility index (Phi) is 3.26. The molecule has 0 bridgehead atoms. The molecule has 0 radical (unpaired) electrons. The number of fused-ring (bicyclic) bond motifs is 1. The van der Waals surface area contributed by atoms with Gasteiger partial charge in [-0.25, -0.2) is 4.39 Å². The van der Waals surface area contributed by atoms with Crippen molar-refractivity contribution in [2.45, 2.75) is 4.90 Å². The highest BCUT2D eigenvalue weighted by molar-refractivity contribution is 7.90. The summed E-state index contributed by atoms with van der Waals surface area (Å²) in [4.78, 5) is 0.157. The Bertz CT molecular complexity index is 843. The van der Waals surface area contributed by atoms with Crippen molar-refractivity contribution in [1.29, 1.82) is 0 Å². The molecule has 0 spiro atoms. The fourth-order valence-electron chi connectivity index (χ4n) is 1.90. The third kappa shape index (κ3) is 2.68. The maximum Gasteiger partial charge on any atom is 0.285 e. The van der Waals surface area contributed by atoms with E-state index in [9.17, 15) is 12.8 Å². The van der Waals surface area contributed by atoms with Crippen LogP contribution in [0.25, 0.3) is 0 Å². The lowest BCUT2D eigenvalue weighted by Crippen LogP contribution is -2.17. The van der Waals surface area contributed by atoms with Crippen molar-refractivity contribution in [3.8, 4) is 0 Å². The largest absolute Gasteiger partial charge is 0.285 e. The van der Waals surface area contributed by atoms with Crippen LogP contribution < -0.4 is 5.43 Å². The minimum Gasteiger partial charge on any atom is -0.260 e. The van der Waals surface area contributed by atoms with Crippen LogP contribution in [-0.4, -0.2) is 20.5 Å². The maximum absolute atomic E-state index is 12.8. The van der Waals surface area contributed by atoms with Gasteiger partial charge in [-0.05, 0) is 29.8 Å². The minimum absolute atomic E-state index is 0.157. The molecule has 1 aliphatic rings. The highest BCUT2D eigenvalue weighted by atomic mass is 32.2. The molecule has 0 atom stereocenters. The van der Waals surface area contributed by atoms with E-state index in [0.717, 1.165) is 0 Å². The summed E-state index contributed by atoms with van der Waals surface area (Å²) < 4.78 is 40.0. The third-order valence-electron chi connectivity index (χ3n) is 2.89. The second-order valence-electron chi connectivity index (χ2n) is 4.33. The number of amidine groups is 1. The molecule has 1 heterocycles. The molecule has 0 aliphatic carbocycles. The molecule has 5 nitrogen and oxygen atoms in total. The number of sulfonamides is 1. The molecule has 0 saturated carbocycles. The Morgan fingerprint density at radius 1 is 1.10 bits per heavy atom. The molecule has 106 valence electrons. The first-order valence-corrected chi connectivity index (χ1v) is 7.49. The first-order chi connectivity index (χ1) is 10.1. The Morgan fingerprint density at radius 3 is 2.57 bits per heavy atom. The van der Waals surface area contributed by atoms with Crippen molar-refractivity contribution in [3.05, 3.63) is 65.5 Å². The Labute approximate surface area is 120 Å². The molecule has 0 saturated heterocycles. The predicted molar refractivity (Wildman–Crippen MR) is 77.3 cm³/mol. The van der Waals surface area contributed by atoms with Gasteiger partial charge in [-0.1, -0.05) is 24.3 Å². The van der Waals surface area contributed by atoms with Crippen LogP contribution in [0.3, 0.4) is 0 Å². The van der Waals surface area contributed by atoms with Crippen LogP contribution in [0.2, 0.25) is 0 Å². The summed E-state index contributed by atoms with van der Waals surface area (Å²) in [6.07, 6.45) is 1.45. The fraction of sp³-hybridized carbons (Fsp3) is 0. The van der Waals surface area contributed by atoms with Gasteiger partial charge in [0.05, 0.1) is 6.21 Å². The highest BCUT2D eigenvalue weighted by Crippen LogP contribution is 2.24. The van der Waals surface area contributed by atoms with Gasteiger partial charge in [-0.3, -0.25) is 5.43 Å². The van der Waals surface area contributed by atoms with Crippen LogP contribution in [0.4, 0.5) is 4.39 Å². The van der Waals surface area contributed by atoms with Crippen LogP contribution in [0.5, 0.6) is 0 Å². The molecule has 0 amide bonds. The summed E-state index contributed by atoms with van der Waals surface area (Å²) >= 11 is 0. The van der Waals surface area contributed by atoms with Gasteiger partial charge in [-0.15, -0.1) is 4.40 Å². The van der Waals surface area contributed by atoms with Crippen molar-refractivity contribution in [3.63, 3.8) is 0 Å². The van der Waals surface area contributed by atoms with E-state index in [1.165, 1.54) is 24.4 Å². The SMILES string of the molecule is O=S1(=O)N=C(N/N=C\c2ccc(F)cc2)c2ccccc21. The molecule has 0 aromatic heterocycles. The fourth-order valence-corrected chi connectivity index (χ4v) is 3.07. The third-order valence-corrected chi connectivity index (χ3v) is 4.22. The number of hydrazone groups is 1. The Hall–Kier alpha value is -2.54. The molecule has 7 heteroatoms. The molecule has 1 aliphatic heterocycles. The van der Waals surface area contributed by atoms with Gasteiger partial charge in [-0.2, -0.15) is 13.5 Å². The molecule has 0 fully saturated rings. The number of rotatable bonds is 2. The second-order valence-corrected chi connectivity index (χ2v) is 5.91. The van der Waals surface area contributed by atoms with E-state index >= 15 is 0 Å². The summed E-state index contributed by atoms with van der Waals surface area (Å²) in [5.41, 5.74) is 3.76. The summed E-state index contributed by atoms with van der Waals surface area (Å²) in [7, 11) is -3.65. The van der Waals surface area contributed by atoms with Crippen LogP contribution in [-0.2, 0) is 10.0 Å². The van der Waals surface area contributed by atoms with E-state index in [1.54, 1.807) is 30.3 Å². The first-order valence-electron chi connectivity index (χ1n) is 6.05. The van der Waals surface area contributed by atoms with E-state index in [4.69, 9.17) is 0 Å². The molecule has 2 aromatic carbocycles. The number of hydrogen-bond donors (Lipinski definition) is 1. The maximum atomic E-state index is 12.8. The normalized spacial score (nSPS) is 15.8. The molecule has 0 unspecified atom stereocenters. The van der Waals surface area contributed by atoms with Crippen LogP contribution in [0, 0.1) is 5.82 Å². The number of halogens is 1. The zero-order chi connectivity index (χ0) is 14.9. The van der Waals surface area contributed by atoms with E-state index in [-0.39, 0.29) is 16.5 Å². The molecular weight excluding hydrogens is 293 g/mol.